The van der Waals surface area contributed by atoms with E-state index in [1.165, 1.54) is 0 Å². The molecule has 11 rings (SSSR count). The minimum Gasteiger partial charge on any atom is -0.471 e. The lowest BCUT2D eigenvalue weighted by Crippen LogP contribution is -2.89. The molecule has 0 amide bonds. The maximum atomic E-state index is 15.4. The molecule has 48 heavy (non-hydrogen) atoms. The predicted octanol–water partition coefficient (Wildman–Crippen LogP) is 5.89. The van der Waals surface area contributed by atoms with Crippen molar-refractivity contribution in [3.8, 4) is 11.5 Å². The number of hydrogen-bond donors (Lipinski definition) is 2. The van der Waals surface area contributed by atoms with E-state index in [0.717, 1.165) is 23.1 Å². The van der Waals surface area contributed by atoms with Crippen LogP contribution in [0.4, 0.5) is 0 Å². The molecular formula is C40H52O8. The Morgan fingerprint density at radius 1 is 0.792 bits per heavy atom. The molecule has 10 aliphatic rings. The third-order valence-corrected chi connectivity index (χ3v) is 14.7. The van der Waals surface area contributed by atoms with Crippen molar-refractivity contribution >= 4 is 11.6 Å². The summed E-state index contributed by atoms with van der Waals surface area (Å²) in [7, 11) is 0. The first-order valence-corrected chi connectivity index (χ1v) is 18.5. The van der Waals surface area contributed by atoms with Gasteiger partial charge in [0.2, 0.25) is 17.0 Å². The van der Waals surface area contributed by atoms with Gasteiger partial charge in [-0.15, -0.1) is 0 Å². The van der Waals surface area contributed by atoms with Crippen LogP contribution < -0.4 is 9.47 Å². The van der Waals surface area contributed by atoms with Gasteiger partial charge >= 0.3 is 0 Å². The van der Waals surface area contributed by atoms with E-state index in [9.17, 15) is 15.0 Å². The number of ether oxygens (including phenoxy) is 4. The molecule has 4 unspecified atom stereocenters. The van der Waals surface area contributed by atoms with E-state index in [0.29, 0.717) is 49.4 Å². The van der Waals surface area contributed by atoms with Gasteiger partial charge in [0, 0.05) is 22.1 Å². The molecule has 4 bridgehead atoms. The standard InChI is InChI=1S/C40H52O8/c1-19(2)23-9-24-26-10-27-35(5,6)12-21(41)14-37(27,17-45-26)30(24)33-32(23)47-39-16-25(20(3)4)31(43)34(44)40(39,48-33)38-15-22(42)13-36(7,8)28(38)11-29(39)46-18-38/h9,16,19-22,26-29,41-42H,10-15,17-18H2,1-8H3/t21-,22-,26?,27-,28-,29?,37?,38?,39-,40+/m0/s1. The average molecular weight is 661 g/mol. The zero-order valence-electron chi connectivity index (χ0n) is 29.8. The fourth-order valence-corrected chi connectivity index (χ4v) is 13.1. The Bertz CT molecular complexity index is 1690. The molecule has 5 aliphatic carbocycles. The lowest BCUT2D eigenvalue weighted by Gasteiger charge is -2.74. The van der Waals surface area contributed by atoms with Gasteiger partial charge in [-0.1, -0.05) is 55.4 Å². The van der Waals surface area contributed by atoms with Crippen LogP contribution in [0.15, 0.2) is 17.7 Å². The molecule has 0 aromatic heterocycles. The smallest absolute Gasteiger partial charge is 0.251 e. The van der Waals surface area contributed by atoms with Crippen LogP contribution in [0.2, 0.25) is 0 Å². The van der Waals surface area contributed by atoms with Crippen molar-refractivity contribution in [1.82, 2.24) is 0 Å². The van der Waals surface area contributed by atoms with Gasteiger partial charge in [0.15, 0.2) is 11.5 Å². The highest BCUT2D eigenvalue weighted by atomic mass is 16.6. The van der Waals surface area contributed by atoms with Crippen molar-refractivity contribution in [2.24, 2.45) is 34.0 Å². The van der Waals surface area contributed by atoms with Gasteiger partial charge in [0.05, 0.1) is 36.9 Å². The molecule has 5 aliphatic heterocycles. The minimum absolute atomic E-state index is 0.0404. The van der Waals surface area contributed by atoms with Crippen LogP contribution in [0, 0.1) is 34.0 Å². The summed E-state index contributed by atoms with van der Waals surface area (Å²) in [4.78, 5) is 29.8. The molecule has 0 radical (unpaired) electrons. The lowest BCUT2D eigenvalue weighted by atomic mass is 9.38. The molecule has 3 saturated heterocycles. The van der Waals surface area contributed by atoms with Gasteiger partial charge in [-0.2, -0.15) is 0 Å². The highest BCUT2D eigenvalue weighted by Gasteiger charge is 2.86. The van der Waals surface area contributed by atoms with E-state index in [4.69, 9.17) is 18.9 Å². The van der Waals surface area contributed by atoms with Crippen LogP contribution >= 0.6 is 0 Å². The van der Waals surface area contributed by atoms with E-state index in [-0.39, 0.29) is 53.6 Å². The fraction of sp³-hybridized carbons (Fsp3) is 0.750. The Morgan fingerprint density at radius 3 is 2.17 bits per heavy atom. The monoisotopic (exact) mass is 660 g/mol. The summed E-state index contributed by atoms with van der Waals surface area (Å²) in [5.41, 5.74) is -1.65. The van der Waals surface area contributed by atoms with Gasteiger partial charge in [-0.3, -0.25) is 9.59 Å². The first kappa shape index (κ1) is 31.7. The number of aliphatic hydroxyl groups excluding tert-OH is 2. The summed E-state index contributed by atoms with van der Waals surface area (Å²) >= 11 is 0. The van der Waals surface area contributed by atoms with Gasteiger partial charge in [0.25, 0.3) is 5.78 Å². The van der Waals surface area contributed by atoms with Gasteiger partial charge in [-0.25, -0.2) is 0 Å². The molecule has 260 valence electrons. The van der Waals surface area contributed by atoms with Gasteiger partial charge in [-0.05, 0) is 90.7 Å². The normalized spacial score (nSPS) is 45.6. The molecular weight excluding hydrogens is 608 g/mol. The van der Waals surface area contributed by atoms with Crippen LogP contribution in [-0.2, 0) is 24.5 Å². The minimum atomic E-state index is -1.72. The Balaban J connectivity index is 1.39. The number of carbonyl (C=O) groups excluding carboxylic acids is 2. The first-order valence-electron chi connectivity index (χ1n) is 18.5. The Kier molecular flexibility index (Phi) is 6.17. The highest BCUT2D eigenvalue weighted by Crippen LogP contribution is 2.74. The largest absolute Gasteiger partial charge is 0.471 e. The van der Waals surface area contributed by atoms with Crippen LogP contribution in [0.1, 0.15) is 123 Å². The van der Waals surface area contributed by atoms with Crippen molar-refractivity contribution < 1.29 is 38.7 Å². The van der Waals surface area contributed by atoms with Crippen molar-refractivity contribution in [3.05, 3.63) is 34.4 Å². The zero-order chi connectivity index (χ0) is 34.1. The third-order valence-electron chi connectivity index (χ3n) is 14.7. The molecule has 8 nitrogen and oxygen atoms in total. The Labute approximate surface area is 283 Å². The molecule has 1 aromatic carbocycles. The summed E-state index contributed by atoms with van der Waals surface area (Å²) in [6.45, 7) is 17.7. The topological polar surface area (TPSA) is 112 Å². The number of Topliss-reactive ketones (excluding diaryl/α,β-unsaturated/α-hetero) is 2. The number of allylic oxidation sites excluding steroid dienone is 1. The van der Waals surface area contributed by atoms with E-state index in [2.05, 4.69) is 47.6 Å². The number of carbonyl (C=O) groups is 2. The van der Waals surface area contributed by atoms with Crippen LogP contribution in [0.25, 0.3) is 0 Å². The van der Waals surface area contributed by atoms with Crippen molar-refractivity contribution in [3.63, 3.8) is 0 Å². The number of fused-ring (bicyclic) bond motifs is 3. The molecule has 1 aromatic rings. The van der Waals surface area contributed by atoms with E-state index < -0.39 is 51.9 Å². The zero-order valence-corrected chi connectivity index (χ0v) is 29.8. The van der Waals surface area contributed by atoms with E-state index in [1.807, 2.05) is 19.9 Å². The second-order valence-electron chi connectivity index (χ2n) is 18.9. The van der Waals surface area contributed by atoms with Crippen molar-refractivity contribution in [1.29, 1.82) is 0 Å². The number of rotatable bonds is 2. The van der Waals surface area contributed by atoms with E-state index >= 15 is 4.79 Å². The summed E-state index contributed by atoms with van der Waals surface area (Å²) in [6.07, 6.45) is 3.69. The summed E-state index contributed by atoms with van der Waals surface area (Å²) in [5, 5.41) is 23.0. The molecule has 5 heterocycles. The quantitative estimate of drug-likeness (QED) is 0.378. The number of hydrogen-bond acceptors (Lipinski definition) is 8. The Morgan fingerprint density at radius 2 is 1.48 bits per heavy atom. The second-order valence-corrected chi connectivity index (χ2v) is 18.9. The highest BCUT2D eigenvalue weighted by molar-refractivity contribution is 6.48. The molecule has 10 atom stereocenters. The maximum Gasteiger partial charge on any atom is 0.251 e. The van der Waals surface area contributed by atoms with Crippen LogP contribution in [0.5, 0.6) is 11.5 Å². The second kappa shape index (κ2) is 9.34. The first-order chi connectivity index (χ1) is 22.4. The number of ketones is 2. The van der Waals surface area contributed by atoms with Crippen molar-refractivity contribution in [2.45, 2.75) is 141 Å². The molecule has 8 heteroatoms. The summed E-state index contributed by atoms with van der Waals surface area (Å²) < 4.78 is 28.6. The molecule has 2 spiro atoms. The summed E-state index contributed by atoms with van der Waals surface area (Å²) in [6, 6.07) is 2.24. The Hall–Kier alpha value is -2.26. The van der Waals surface area contributed by atoms with Gasteiger partial charge in [0.1, 0.15) is 6.10 Å². The number of aliphatic hydroxyl groups is 2. The van der Waals surface area contributed by atoms with Crippen LogP contribution in [-0.4, -0.2) is 64.5 Å². The fourth-order valence-electron chi connectivity index (χ4n) is 13.1. The molecule has 3 saturated carbocycles. The average Bonchev–Trinajstić information content (AvgIpc) is 2.99. The van der Waals surface area contributed by atoms with Gasteiger partial charge < -0.3 is 29.2 Å². The predicted molar refractivity (Wildman–Crippen MR) is 177 cm³/mol. The maximum absolute atomic E-state index is 15.4. The lowest BCUT2D eigenvalue weighted by molar-refractivity contribution is -0.346. The SMILES string of the molecule is CC(C)C1=C[C@@]23Oc4c(C(C)C)cc5c(c4O[C@]2(C(=O)C1=O)C12COC3C[C@H]1C(C)(C)C[C@H](O)C2)C12COC5C[C@H]1C(C)(C)C[C@H](O)C2. The molecule has 2 N–H and O–H groups in total. The van der Waals surface area contributed by atoms with E-state index in [1.54, 1.807) is 0 Å². The molecule has 6 fully saturated rings. The third kappa shape index (κ3) is 3.42. The summed E-state index contributed by atoms with van der Waals surface area (Å²) in [5.74, 6) is 0.140. The van der Waals surface area contributed by atoms with Crippen molar-refractivity contribution in [2.75, 3.05) is 13.2 Å². The van der Waals surface area contributed by atoms with Crippen LogP contribution in [0.3, 0.4) is 0 Å². The number of benzene rings is 1.